The van der Waals surface area contributed by atoms with Gasteiger partial charge in [-0.25, -0.2) is 4.98 Å². The number of hydrogen-bond donors (Lipinski definition) is 2. The Morgan fingerprint density at radius 2 is 1.83 bits per heavy atom. The molecule has 0 bridgehead atoms. The molecule has 0 aliphatic carbocycles. The fourth-order valence-corrected chi connectivity index (χ4v) is 2.66. The molecule has 0 spiro atoms. The first-order valence-corrected chi connectivity index (χ1v) is 8.17. The molecule has 0 unspecified atom stereocenters. The molecule has 0 amide bonds. The van der Waals surface area contributed by atoms with Crippen LogP contribution in [0.2, 0.25) is 0 Å². The van der Waals surface area contributed by atoms with E-state index in [0.29, 0.717) is 17.7 Å². The molecular formula is C19H21N3O2. The molecular weight excluding hydrogens is 302 g/mol. The number of aryl methyl sites for hydroxylation is 1. The van der Waals surface area contributed by atoms with Gasteiger partial charge in [0, 0.05) is 6.54 Å². The molecule has 0 radical (unpaired) electrons. The van der Waals surface area contributed by atoms with Crippen molar-refractivity contribution in [2.45, 2.75) is 19.4 Å². The van der Waals surface area contributed by atoms with E-state index in [2.05, 4.69) is 10.3 Å². The highest BCUT2D eigenvalue weighted by Crippen LogP contribution is 2.09. The second-order valence-corrected chi connectivity index (χ2v) is 5.78. The summed E-state index contributed by atoms with van der Waals surface area (Å²) in [5, 5.41) is 13.3. The lowest BCUT2D eigenvalue weighted by Gasteiger charge is -2.08. The van der Waals surface area contributed by atoms with E-state index in [1.54, 1.807) is 23.0 Å². The van der Waals surface area contributed by atoms with Crippen LogP contribution in [0.4, 0.5) is 0 Å². The van der Waals surface area contributed by atoms with E-state index in [-0.39, 0.29) is 5.56 Å². The summed E-state index contributed by atoms with van der Waals surface area (Å²) in [7, 11) is 0. The van der Waals surface area contributed by atoms with Gasteiger partial charge in [0.25, 0.3) is 5.56 Å². The third-order valence-corrected chi connectivity index (χ3v) is 4.01. The smallest absolute Gasteiger partial charge is 0.261 e. The van der Waals surface area contributed by atoms with Crippen molar-refractivity contribution in [3.63, 3.8) is 0 Å². The number of para-hydroxylation sites is 1. The molecule has 0 aliphatic heterocycles. The molecule has 0 fully saturated rings. The number of benzene rings is 2. The SMILES string of the molecule is O=c1c2ccccc2ncn1CCCNCCc1ccc(O)cc1. The minimum absolute atomic E-state index is 0.0182. The van der Waals surface area contributed by atoms with E-state index in [4.69, 9.17) is 0 Å². The van der Waals surface area contributed by atoms with Gasteiger partial charge >= 0.3 is 0 Å². The number of phenols is 1. The lowest BCUT2D eigenvalue weighted by Crippen LogP contribution is -2.24. The average molecular weight is 323 g/mol. The summed E-state index contributed by atoms with van der Waals surface area (Å²) in [4.78, 5) is 16.7. The van der Waals surface area contributed by atoms with Crippen molar-refractivity contribution in [3.8, 4) is 5.75 Å². The van der Waals surface area contributed by atoms with Crippen LogP contribution in [-0.2, 0) is 13.0 Å². The number of aromatic nitrogens is 2. The molecule has 0 saturated carbocycles. The molecule has 3 rings (SSSR count). The summed E-state index contributed by atoms with van der Waals surface area (Å²) in [5.41, 5.74) is 1.95. The average Bonchev–Trinajstić information content (AvgIpc) is 2.61. The van der Waals surface area contributed by atoms with E-state index in [9.17, 15) is 9.90 Å². The Morgan fingerprint density at radius 1 is 1.04 bits per heavy atom. The van der Waals surface area contributed by atoms with Crippen LogP contribution in [0.5, 0.6) is 5.75 Å². The largest absolute Gasteiger partial charge is 0.508 e. The zero-order chi connectivity index (χ0) is 16.8. The first kappa shape index (κ1) is 16.2. The quantitative estimate of drug-likeness (QED) is 0.655. The molecule has 0 aliphatic rings. The van der Waals surface area contributed by atoms with E-state index in [1.807, 2.05) is 36.4 Å². The number of fused-ring (bicyclic) bond motifs is 1. The Hall–Kier alpha value is -2.66. The molecule has 0 saturated heterocycles. The maximum Gasteiger partial charge on any atom is 0.261 e. The van der Waals surface area contributed by atoms with Crippen LogP contribution >= 0.6 is 0 Å². The lowest BCUT2D eigenvalue weighted by molar-refractivity contribution is 0.475. The van der Waals surface area contributed by atoms with Crippen LogP contribution in [0, 0.1) is 0 Å². The van der Waals surface area contributed by atoms with Crippen molar-refractivity contribution < 1.29 is 5.11 Å². The highest BCUT2D eigenvalue weighted by molar-refractivity contribution is 5.76. The zero-order valence-corrected chi connectivity index (χ0v) is 13.5. The minimum Gasteiger partial charge on any atom is -0.508 e. The second-order valence-electron chi connectivity index (χ2n) is 5.78. The van der Waals surface area contributed by atoms with Gasteiger partial charge in [-0.3, -0.25) is 9.36 Å². The molecule has 2 N–H and O–H groups in total. The maximum atomic E-state index is 12.3. The van der Waals surface area contributed by atoms with Crippen LogP contribution in [0.1, 0.15) is 12.0 Å². The van der Waals surface area contributed by atoms with Crippen LogP contribution < -0.4 is 10.9 Å². The summed E-state index contributed by atoms with van der Waals surface area (Å²) >= 11 is 0. The maximum absolute atomic E-state index is 12.3. The fourth-order valence-electron chi connectivity index (χ4n) is 2.66. The summed E-state index contributed by atoms with van der Waals surface area (Å²) < 4.78 is 1.67. The van der Waals surface area contributed by atoms with Crippen molar-refractivity contribution in [2.24, 2.45) is 0 Å². The number of rotatable bonds is 7. The monoisotopic (exact) mass is 323 g/mol. The van der Waals surface area contributed by atoms with Crippen LogP contribution in [0.15, 0.2) is 59.7 Å². The first-order chi connectivity index (χ1) is 11.7. The number of aromatic hydroxyl groups is 1. The van der Waals surface area contributed by atoms with E-state index in [1.165, 1.54) is 5.56 Å². The predicted molar refractivity (Wildman–Crippen MR) is 95.3 cm³/mol. The van der Waals surface area contributed by atoms with Crippen molar-refractivity contribution in [3.05, 3.63) is 70.8 Å². The highest BCUT2D eigenvalue weighted by Gasteiger charge is 2.02. The lowest BCUT2D eigenvalue weighted by atomic mass is 10.1. The molecule has 2 aromatic carbocycles. The van der Waals surface area contributed by atoms with Crippen LogP contribution in [0.25, 0.3) is 10.9 Å². The Balaban J connectivity index is 1.44. The van der Waals surface area contributed by atoms with Crippen molar-refractivity contribution in [2.75, 3.05) is 13.1 Å². The van der Waals surface area contributed by atoms with Crippen molar-refractivity contribution in [1.29, 1.82) is 0 Å². The Labute approximate surface area is 140 Å². The standard InChI is InChI=1S/C19H21N3O2/c23-16-8-6-15(7-9-16)10-12-20-11-3-13-22-14-21-18-5-2-1-4-17(18)19(22)24/h1-2,4-9,14,20,23H,3,10-13H2. The molecule has 24 heavy (non-hydrogen) atoms. The predicted octanol–water partition coefficient (Wildman–Crippen LogP) is 2.32. The minimum atomic E-state index is 0.0182. The topological polar surface area (TPSA) is 67.2 Å². The number of nitrogens with zero attached hydrogens (tertiary/aromatic N) is 2. The first-order valence-electron chi connectivity index (χ1n) is 8.17. The molecule has 124 valence electrons. The summed E-state index contributed by atoms with van der Waals surface area (Å²) in [6.45, 7) is 2.37. The van der Waals surface area contributed by atoms with Gasteiger partial charge in [0.15, 0.2) is 0 Å². The molecule has 5 heteroatoms. The van der Waals surface area contributed by atoms with Gasteiger partial charge in [0.2, 0.25) is 0 Å². The summed E-state index contributed by atoms with van der Waals surface area (Å²) in [6, 6.07) is 14.7. The third-order valence-electron chi connectivity index (χ3n) is 4.01. The molecule has 0 atom stereocenters. The molecule has 3 aromatic rings. The van der Waals surface area contributed by atoms with Gasteiger partial charge in [-0.15, -0.1) is 0 Å². The van der Waals surface area contributed by atoms with E-state index < -0.39 is 0 Å². The van der Waals surface area contributed by atoms with Crippen molar-refractivity contribution >= 4 is 10.9 Å². The van der Waals surface area contributed by atoms with Crippen LogP contribution in [0.3, 0.4) is 0 Å². The van der Waals surface area contributed by atoms with Crippen molar-refractivity contribution in [1.82, 2.24) is 14.9 Å². The van der Waals surface area contributed by atoms with Gasteiger partial charge < -0.3 is 10.4 Å². The molecule has 1 aromatic heterocycles. The highest BCUT2D eigenvalue weighted by atomic mass is 16.3. The normalized spacial score (nSPS) is 11.0. The Bertz CT molecular complexity index is 856. The molecule has 1 heterocycles. The van der Waals surface area contributed by atoms with Crippen LogP contribution in [-0.4, -0.2) is 27.7 Å². The van der Waals surface area contributed by atoms with Gasteiger partial charge in [-0.05, 0) is 55.8 Å². The number of hydrogen-bond acceptors (Lipinski definition) is 4. The van der Waals surface area contributed by atoms with Gasteiger partial charge in [-0.2, -0.15) is 0 Å². The Morgan fingerprint density at radius 3 is 2.67 bits per heavy atom. The second kappa shape index (κ2) is 7.75. The Kier molecular flexibility index (Phi) is 5.23. The summed E-state index contributed by atoms with van der Waals surface area (Å²) in [5.74, 6) is 0.293. The van der Waals surface area contributed by atoms with E-state index >= 15 is 0 Å². The van der Waals surface area contributed by atoms with Gasteiger partial charge in [0.05, 0.1) is 17.2 Å². The third kappa shape index (κ3) is 4.00. The molecule has 5 nitrogen and oxygen atoms in total. The zero-order valence-electron chi connectivity index (χ0n) is 13.5. The summed E-state index contributed by atoms with van der Waals surface area (Å²) in [6.07, 6.45) is 3.41. The van der Waals surface area contributed by atoms with Gasteiger partial charge in [-0.1, -0.05) is 24.3 Å². The number of phenolic OH excluding ortho intramolecular Hbond substituents is 1. The van der Waals surface area contributed by atoms with Gasteiger partial charge in [0.1, 0.15) is 5.75 Å². The number of nitrogens with one attached hydrogen (secondary N) is 1. The fraction of sp³-hybridized carbons (Fsp3) is 0.263. The van der Waals surface area contributed by atoms with E-state index in [0.717, 1.165) is 31.4 Å².